The van der Waals surface area contributed by atoms with E-state index in [0.717, 1.165) is 5.56 Å². The number of nitrogens with zero attached hydrogens (tertiary/aromatic N) is 2. The lowest BCUT2D eigenvalue weighted by Gasteiger charge is -2.03. The third-order valence-electron chi connectivity index (χ3n) is 2.62. The van der Waals surface area contributed by atoms with E-state index in [1.807, 2.05) is 30.3 Å². The molecule has 0 bridgehead atoms. The van der Waals surface area contributed by atoms with Gasteiger partial charge in [-0.15, -0.1) is 0 Å². The number of halogens is 2. The monoisotopic (exact) mass is 334 g/mol. The van der Waals surface area contributed by atoms with Crippen molar-refractivity contribution in [3.63, 3.8) is 0 Å². The van der Waals surface area contributed by atoms with Gasteiger partial charge in [0, 0.05) is 17.8 Å². The predicted octanol–water partition coefficient (Wildman–Crippen LogP) is 2.66. The highest BCUT2D eigenvalue weighted by Crippen LogP contribution is 2.29. The molecule has 0 spiro atoms. The first-order valence-electron chi connectivity index (χ1n) is 5.66. The Hall–Kier alpha value is -1.08. The lowest BCUT2D eigenvalue weighted by molar-refractivity contribution is 0.178. The second-order valence-corrected chi connectivity index (χ2v) is 6.94. The SMILES string of the molecule is COCc1nn(Cc2ccccc2)c(Cl)c1S(=O)(=O)Cl. The third-order valence-corrected chi connectivity index (χ3v) is 4.49. The van der Waals surface area contributed by atoms with E-state index in [9.17, 15) is 8.42 Å². The molecule has 0 N–H and O–H groups in total. The van der Waals surface area contributed by atoms with Gasteiger partial charge in [0.2, 0.25) is 0 Å². The summed E-state index contributed by atoms with van der Waals surface area (Å²) in [6.07, 6.45) is 0. The van der Waals surface area contributed by atoms with E-state index in [2.05, 4.69) is 5.10 Å². The summed E-state index contributed by atoms with van der Waals surface area (Å²) in [7, 11) is 2.86. The first-order chi connectivity index (χ1) is 9.43. The molecule has 1 aromatic carbocycles. The zero-order valence-corrected chi connectivity index (χ0v) is 12.9. The fraction of sp³-hybridized carbons (Fsp3) is 0.250. The smallest absolute Gasteiger partial charge is 0.266 e. The standard InChI is InChI=1S/C12H12Cl2N2O3S/c1-19-8-10-11(20(14,17)18)12(13)16(15-10)7-9-5-3-2-4-6-9/h2-6H,7-8H2,1H3. The maximum absolute atomic E-state index is 11.6. The van der Waals surface area contributed by atoms with Crippen molar-refractivity contribution in [1.82, 2.24) is 9.78 Å². The molecule has 0 fully saturated rings. The van der Waals surface area contributed by atoms with Crippen molar-refractivity contribution < 1.29 is 13.2 Å². The van der Waals surface area contributed by atoms with E-state index in [4.69, 9.17) is 27.0 Å². The molecular weight excluding hydrogens is 323 g/mol. The molecule has 20 heavy (non-hydrogen) atoms. The maximum Gasteiger partial charge on any atom is 0.266 e. The summed E-state index contributed by atoms with van der Waals surface area (Å²) in [5.41, 5.74) is 1.14. The minimum absolute atomic E-state index is 0.0167. The molecule has 0 aliphatic carbocycles. The summed E-state index contributed by atoms with van der Waals surface area (Å²) in [5, 5.41) is 4.14. The molecule has 0 saturated heterocycles. The lowest BCUT2D eigenvalue weighted by Crippen LogP contribution is -2.02. The van der Waals surface area contributed by atoms with Gasteiger partial charge in [0.05, 0.1) is 13.2 Å². The van der Waals surface area contributed by atoms with Gasteiger partial charge >= 0.3 is 0 Å². The number of benzene rings is 1. The van der Waals surface area contributed by atoms with Crippen LogP contribution in [0.2, 0.25) is 5.15 Å². The highest BCUT2D eigenvalue weighted by Gasteiger charge is 2.26. The van der Waals surface area contributed by atoms with Crippen LogP contribution in [-0.4, -0.2) is 25.3 Å². The summed E-state index contributed by atoms with van der Waals surface area (Å²) in [4.78, 5) is -0.196. The van der Waals surface area contributed by atoms with Crippen LogP contribution in [0, 0.1) is 0 Å². The largest absolute Gasteiger partial charge is 0.378 e. The van der Waals surface area contributed by atoms with Crippen LogP contribution in [0.1, 0.15) is 11.3 Å². The Balaban J connectivity index is 2.45. The van der Waals surface area contributed by atoms with Crippen LogP contribution >= 0.6 is 22.3 Å². The lowest BCUT2D eigenvalue weighted by atomic mass is 10.2. The maximum atomic E-state index is 11.6. The van der Waals surface area contributed by atoms with E-state index < -0.39 is 9.05 Å². The predicted molar refractivity (Wildman–Crippen MR) is 76.5 cm³/mol. The number of methoxy groups -OCH3 is 1. The van der Waals surface area contributed by atoms with Crippen LogP contribution in [0.3, 0.4) is 0 Å². The molecule has 0 aliphatic heterocycles. The Labute approximate surface area is 126 Å². The summed E-state index contributed by atoms with van der Waals surface area (Å²) in [6.45, 7) is 0.367. The molecule has 5 nitrogen and oxygen atoms in total. The molecule has 0 atom stereocenters. The Bertz CT molecular complexity index is 699. The summed E-state index contributed by atoms with van der Waals surface area (Å²) >= 11 is 6.08. The Morgan fingerprint density at radius 1 is 1.30 bits per heavy atom. The van der Waals surface area contributed by atoms with Crippen LogP contribution in [0.4, 0.5) is 0 Å². The number of aromatic nitrogens is 2. The molecule has 2 aromatic rings. The molecule has 0 aliphatic rings. The van der Waals surface area contributed by atoms with Crippen LogP contribution in [-0.2, 0) is 26.9 Å². The Kier molecular flexibility index (Phi) is 4.70. The molecule has 0 saturated carbocycles. The van der Waals surface area contributed by atoms with Crippen molar-refractivity contribution in [1.29, 1.82) is 0 Å². The highest BCUT2D eigenvalue weighted by atomic mass is 35.7. The van der Waals surface area contributed by atoms with E-state index in [1.165, 1.54) is 11.8 Å². The van der Waals surface area contributed by atoms with Gasteiger partial charge in [-0.1, -0.05) is 41.9 Å². The molecular formula is C12H12Cl2N2O3S. The van der Waals surface area contributed by atoms with Gasteiger partial charge in [-0.3, -0.25) is 0 Å². The van der Waals surface area contributed by atoms with Crippen molar-refractivity contribution >= 4 is 31.3 Å². The summed E-state index contributed by atoms with van der Waals surface area (Å²) < 4.78 is 29.5. The molecule has 8 heteroatoms. The first-order valence-corrected chi connectivity index (χ1v) is 8.35. The number of hydrogen-bond acceptors (Lipinski definition) is 4. The third kappa shape index (κ3) is 3.32. The van der Waals surface area contributed by atoms with Gasteiger partial charge in [0.15, 0.2) is 0 Å². The van der Waals surface area contributed by atoms with Gasteiger partial charge in [0.25, 0.3) is 9.05 Å². The molecule has 0 unspecified atom stereocenters. The molecule has 0 radical (unpaired) electrons. The van der Waals surface area contributed by atoms with Crippen LogP contribution in [0.5, 0.6) is 0 Å². The topological polar surface area (TPSA) is 61.2 Å². The Morgan fingerprint density at radius 2 is 1.95 bits per heavy atom. The van der Waals surface area contributed by atoms with E-state index in [1.54, 1.807) is 0 Å². The second-order valence-electron chi connectivity index (χ2n) is 4.08. The van der Waals surface area contributed by atoms with Gasteiger partial charge in [0.1, 0.15) is 15.7 Å². The van der Waals surface area contributed by atoms with E-state index in [0.29, 0.717) is 6.54 Å². The number of ether oxygens (including phenoxy) is 1. The van der Waals surface area contributed by atoms with Crippen molar-refractivity contribution in [2.45, 2.75) is 18.0 Å². The van der Waals surface area contributed by atoms with Gasteiger partial charge in [-0.05, 0) is 5.56 Å². The van der Waals surface area contributed by atoms with Gasteiger partial charge in [-0.25, -0.2) is 13.1 Å². The van der Waals surface area contributed by atoms with Crippen molar-refractivity contribution in [2.24, 2.45) is 0 Å². The summed E-state index contributed by atoms with van der Waals surface area (Å²) in [6, 6.07) is 9.43. The van der Waals surface area contributed by atoms with E-state index >= 15 is 0 Å². The van der Waals surface area contributed by atoms with Gasteiger partial charge in [-0.2, -0.15) is 5.10 Å². The summed E-state index contributed by atoms with van der Waals surface area (Å²) in [5.74, 6) is 0. The Morgan fingerprint density at radius 3 is 2.50 bits per heavy atom. The van der Waals surface area contributed by atoms with Gasteiger partial charge < -0.3 is 4.74 Å². The number of hydrogen-bond donors (Lipinski definition) is 0. The highest BCUT2D eigenvalue weighted by molar-refractivity contribution is 8.13. The quantitative estimate of drug-likeness (QED) is 0.788. The fourth-order valence-electron chi connectivity index (χ4n) is 1.80. The average Bonchev–Trinajstić information content (AvgIpc) is 2.67. The van der Waals surface area contributed by atoms with Crippen LogP contribution < -0.4 is 0 Å². The molecule has 0 amide bonds. The minimum atomic E-state index is -3.98. The molecule has 108 valence electrons. The van der Waals surface area contributed by atoms with Crippen molar-refractivity contribution in [2.75, 3.05) is 7.11 Å². The molecule has 1 heterocycles. The normalized spacial score (nSPS) is 11.8. The van der Waals surface area contributed by atoms with Crippen molar-refractivity contribution in [3.8, 4) is 0 Å². The second kappa shape index (κ2) is 6.13. The van der Waals surface area contributed by atoms with Crippen LogP contribution in [0.15, 0.2) is 35.2 Å². The zero-order valence-electron chi connectivity index (χ0n) is 10.6. The fourth-order valence-corrected chi connectivity index (χ4v) is 3.61. The minimum Gasteiger partial charge on any atom is -0.378 e. The van der Waals surface area contributed by atoms with Crippen molar-refractivity contribution in [3.05, 3.63) is 46.7 Å². The zero-order chi connectivity index (χ0) is 14.8. The molecule has 2 rings (SSSR count). The van der Waals surface area contributed by atoms with E-state index in [-0.39, 0.29) is 22.3 Å². The first kappa shape index (κ1) is 15.3. The number of rotatable bonds is 5. The molecule has 1 aromatic heterocycles. The average molecular weight is 335 g/mol. The van der Waals surface area contributed by atoms with Crippen LogP contribution in [0.25, 0.3) is 0 Å².